The third kappa shape index (κ3) is 3.48. The highest BCUT2D eigenvalue weighted by Gasteiger charge is 2.07. The second-order valence-corrected chi connectivity index (χ2v) is 4.65. The maximum absolute atomic E-state index is 12.9. The number of nitrogens with one attached hydrogen (secondary N) is 1. The van der Waals surface area contributed by atoms with E-state index < -0.39 is 0 Å². The lowest BCUT2D eigenvalue weighted by Gasteiger charge is -2.15. The normalized spacial score (nSPS) is 12.2. The second-order valence-electron chi connectivity index (χ2n) is 4.65. The van der Waals surface area contributed by atoms with Crippen LogP contribution in [0.15, 0.2) is 42.5 Å². The zero-order chi connectivity index (χ0) is 14.5. The van der Waals surface area contributed by atoms with Crippen molar-refractivity contribution >= 4 is 0 Å². The molecule has 0 bridgehead atoms. The number of aromatic hydroxyl groups is 1. The van der Waals surface area contributed by atoms with Crippen molar-refractivity contribution in [2.24, 2.45) is 0 Å². The summed E-state index contributed by atoms with van der Waals surface area (Å²) >= 11 is 0. The molecule has 0 aliphatic rings. The number of hydrogen-bond donors (Lipinski definition) is 2. The molecule has 0 heterocycles. The highest BCUT2D eigenvalue weighted by atomic mass is 19.1. The molecule has 0 amide bonds. The molecule has 2 aromatic carbocycles. The highest BCUT2D eigenvalue weighted by Crippen LogP contribution is 2.24. The summed E-state index contributed by atoms with van der Waals surface area (Å²) in [4.78, 5) is 0. The molecule has 0 aliphatic carbocycles. The molecule has 0 spiro atoms. The Morgan fingerprint density at radius 3 is 2.50 bits per heavy atom. The topological polar surface area (TPSA) is 41.5 Å². The fourth-order valence-corrected chi connectivity index (χ4v) is 1.95. The number of ether oxygens (including phenoxy) is 1. The van der Waals surface area contributed by atoms with E-state index in [1.807, 2.05) is 13.0 Å². The van der Waals surface area contributed by atoms with Crippen LogP contribution in [0.1, 0.15) is 24.1 Å². The van der Waals surface area contributed by atoms with Crippen molar-refractivity contribution in [3.05, 3.63) is 59.4 Å². The van der Waals surface area contributed by atoms with Crippen molar-refractivity contribution in [1.82, 2.24) is 5.32 Å². The Labute approximate surface area is 118 Å². The van der Waals surface area contributed by atoms with Crippen molar-refractivity contribution in [3.8, 4) is 11.5 Å². The molecule has 0 saturated heterocycles. The maximum atomic E-state index is 12.9. The lowest BCUT2D eigenvalue weighted by Crippen LogP contribution is -2.18. The van der Waals surface area contributed by atoms with Gasteiger partial charge in [0, 0.05) is 24.2 Å². The lowest BCUT2D eigenvalue weighted by molar-refractivity contribution is 0.405. The molecule has 0 aliphatic heterocycles. The first-order chi connectivity index (χ1) is 9.60. The Balaban J connectivity index is 1.99. The van der Waals surface area contributed by atoms with Gasteiger partial charge in [-0.2, -0.15) is 0 Å². The average molecular weight is 275 g/mol. The summed E-state index contributed by atoms with van der Waals surface area (Å²) in [6.45, 7) is 2.52. The van der Waals surface area contributed by atoms with Crippen LogP contribution in [-0.4, -0.2) is 12.2 Å². The number of phenolic OH excluding ortho intramolecular Hbond substituents is 1. The SMILES string of the molecule is COc1ccc(CN[C@H](C)c2ccc(F)cc2)c(O)c1. The van der Waals surface area contributed by atoms with Crippen LogP contribution in [-0.2, 0) is 6.54 Å². The number of hydrogen-bond acceptors (Lipinski definition) is 3. The molecule has 0 aromatic heterocycles. The quantitative estimate of drug-likeness (QED) is 0.879. The molecule has 0 unspecified atom stereocenters. The summed E-state index contributed by atoms with van der Waals surface area (Å²) in [6, 6.07) is 11.7. The van der Waals surface area contributed by atoms with Crippen LogP contribution < -0.4 is 10.1 Å². The maximum Gasteiger partial charge on any atom is 0.123 e. The smallest absolute Gasteiger partial charge is 0.123 e. The summed E-state index contributed by atoms with van der Waals surface area (Å²) in [7, 11) is 1.56. The first-order valence-electron chi connectivity index (χ1n) is 6.45. The summed E-state index contributed by atoms with van der Waals surface area (Å²) in [6.07, 6.45) is 0. The Kier molecular flexibility index (Phi) is 4.58. The van der Waals surface area contributed by atoms with Crippen LogP contribution >= 0.6 is 0 Å². The Morgan fingerprint density at radius 2 is 1.90 bits per heavy atom. The van der Waals surface area contributed by atoms with E-state index >= 15 is 0 Å². The second kappa shape index (κ2) is 6.39. The number of methoxy groups -OCH3 is 1. The van der Waals surface area contributed by atoms with Crippen LogP contribution in [0.4, 0.5) is 4.39 Å². The molecule has 4 heteroatoms. The van der Waals surface area contributed by atoms with Crippen molar-refractivity contribution in [3.63, 3.8) is 0 Å². The molecular weight excluding hydrogens is 257 g/mol. The van der Waals surface area contributed by atoms with E-state index in [1.54, 1.807) is 31.4 Å². The number of benzene rings is 2. The predicted molar refractivity (Wildman–Crippen MR) is 76.3 cm³/mol. The van der Waals surface area contributed by atoms with Gasteiger partial charge < -0.3 is 15.2 Å². The van der Waals surface area contributed by atoms with Gasteiger partial charge in [0.2, 0.25) is 0 Å². The van der Waals surface area contributed by atoms with Gasteiger partial charge in [-0.05, 0) is 30.7 Å². The first kappa shape index (κ1) is 14.3. The van der Waals surface area contributed by atoms with E-state index in [0.29, 0.717) is 12.3 Å². The monoisotopic (exact) mass is 275 g/mol. The van der Waals surface area contributed by atoms with Gasteiger partial charge in [-0.1, -0.05) is 18.2 Å². The number of phenols is 1. The standard InChI is InChI=1S/C16H18FNO2/c1-11(12-3-6-14(17)7-4-12)18-10-13-5-8-15(20-2)9-16(13)19/h3-9,11,18-19H,10H2,1-2H3/t11-/m1/s1. The fraction of sp³-hybridized carbons (Fsp3) is 0.250. The summed E-state index contributed by atoms with van der Waals surface area (Å²) in [5.41, 5.74) is 1.79. The van der Waals surface area contributed by atoms with Crippen LogP contribution in [0.2, 0.25) is 0 Å². The van der Waals surface area contributed by atoms with Gasteiger partial charge in [0.15, 0.2) is 0 Å². The van der Waals surface area contributed by atoms with Gasteiger partial charge in [-0.3, -0.25) is 0 Å². The predicted octanol–water partition coefficient (Wildman–Crippen LogP) is 3.39. The Bertz CT molecular complexity index is 569. The molecule has 1 atom stereocenters. The summed E-state index contributed by atoms with van der Waals surface area (Å²) in [5, 5.41) is 13.2. The van der Waals surface area contributed by atoms with Crippen molar-refractivity contribution in [1.29, 1.82) is 0 Å². The molecule has 106 valence electrons. The van der Waals surface area contributed by atoms with E-state index in [4.69, 9.17) is 4.74 Å². The highest BCUT2D eigenvalue weighted by molar-refractivity contribution is 5.39. The first-order valence-corrected chi connectivity index (χ1v) is 6.45. The third-order valence-corrected chi connectivity index (χ3v) is 3.26. The van der Waals surface area contributed by atoms with Gasteiger partial charge in [-0.25, -0.2) is 4.39 Å². The van der Waals surface area contributed by atoms with E-state index in [0.717, 1.165) is 11.1 Å². The van der Waals surface area contributed by atoms with Gasteiger partial charge in [0.25, 0.3) is 0 Å². The molecule has 0 saturated carbocycles. The van der Waals surface area contributed by atoms with E-state index in [2.05, 4.69) is 5.32 Å². The summed E-state index contributed by atoms with van der Waals surface area (Å²) in [5.74, 6) is 0.578. The Morgan fingerprint density at radius 1 is 1.20 bits per heavy atom. The van der Waals surface area contributed by atoms with E-state index in [9.17, 15) is 9.50 Å². The molecule has 2 rings (SSSR count). The minimum Gasteiger partial charge on any atom is -0.507 e. The average Bonchev–Trinajstić information content (AvgIpc) is 2.46. The number of halogens is 1. The fourth-order valence-electron chi connectivity index (χ4n) is 1.95. The van der Waals surface area contributed by atoms with Crippen LogP contribution in [0, 0.1) is 5.82 Å². The van der Waals surface area contributed by atoms with Crippen molar-refractivity contribution in [2.75, 3.05) is 7.11 Å². The molecule has 20 heavy (non-hydrogen) atoms. The molecular formula is C16H18FNO2. The van der Waals surface area contributed by atoms with E-state index in [1.165, 1.54) is 12.1 Å². The van der Waals surface area contributed by atoms with Gasteiger partial charge in [0.1, 0.15) is 17.3 Å². The van der Waals surface area contributed by atoms with Gasteiger partial charge >= 0.3 is 0 Å². The van der Waals surface area contributed by atoms with Crippen molar-refractivity contribution < 1.29 is 14.2 Å². The van der Waals surface area contributed by atoms with Crippen LogP contribution in [0.5, 0.6) is 11.5 Å². The minimum atomic E-state index is -0.242. The molecule has 0 fully saturated rings. The molecule has 0 radical (unpaired) electrons. The van der Waals surface area contributed by atoms with Gasteiger partial charge in [-0.15, -0.1) is 0 Å². The van der Waals surface area contributed by atoms with Crippen LogP contribution in [0.3, 0.4) is 0 Å². The lowest BCUT2D eigenvalue weighted by atomic mass is 10.1. The zero-order valence-electron chi connectivity index (χ0n) is 11.6. The zero-order valence-corrected chi connectivity index (χ0v) is 11.6. The largest absolute Gasteiger partial charge is 0.507 e. The van der Waals surface area contributed by atoms with Crippen molar-refractivity contribution in [2.45, 2.75) is 19.5 Å². The third-order valence-electron chi connectivity index (χ3n) is 3.26. The molecule has 2 aromatic rings. The minimum absolute atomic E-state index is 0.0668. The molecule has 2 N–H and O–H groups in total. The van der Waals surface area contributed by atoms with Crippen LogP contribution in [0.25, 0.3) is 0 Å². The molecule has 3 nitrogen and oxygen atoms in total. The van der Waals surface area contributed by atoms with E-state index in [-0.39, 0.29) is 17.6 Å². The summed E-state index contributed by atoms with van der Waals surface area (Å²) < 4.78 is 17.9. The van der Waals surface area contributed by atoms with Gasteiger partial charge in [0.05, 0.1) is 7.11 Å². The number of rotatable bonds is 5. The Hall–Kier alpha value is -2.07.